The molecule has 0 aromatic carbocycles. The topological polar surface area (TPSA) is 55.1 Å². The van der Waals surface area contributed by atoms with Gasteiger partial charge in [-0.3, -0.25) is 4.79 Å². The third-order valence-corrected chi connectivity index (χ3v) is 3.62. The second-order valence-electron chi connectivity index (χ2n) is 4.95. The molecule has 2 aliphatic rings. The summed E-state index contributed by atoms with van der Waals surface area (Å²) in [6, 6.07) is 0.720. The fraction of sp³-hybridized carbons (Fsp3) is 0.909. The van der Waals surface area contributed by atoms with Gasteiger partial charge in [0.25, 0.3) is 0 Å². The summed E-state index contributed by atoms with van der Waals surface area (Å²) >= 11 is 0. The van der Waals surface area contributed by atoms with Crippen LogP contribution in [0.1, 0.15) is 39.0 Å². The molecule has 2 saturated carbocycles. The smallest absolute Gasteiger partial charge is 0.220 e. The highest BCUT2D eigenvalue weighted by atomic mass is 16.1. The maximum Gasteiger partial charge on any atom is 0.220 e. The first-order valence-corrected chi connectivity index (χ1v) is 5.71. The monoisotopic (exact) mass is 196 g/mol. The fourth-order valence-electron chi connectivity index (χ4n) is 2.35. The van der Waals surface area contributed by atoms with E-state index in [1.165, 1.54) is 6.42 Å². The van der Waals surface area contributed by atoms with Gasteiger partial charge < -0.3 is 11.1 Å². The van der Waals surface area contributed by atoms with Crippen LogP contribution in [0.15, 0.2) is 0 Å². The molecule has 3 heteroatoms. The highest BCUT2D eigenvalue weighted by molar-refractivity contribution is 5.77. The lowest BCUT2D eigenvalue weighted by molar-refractivity contribution is -0.122. The Balaban J connectivity index is 1.71. The van der Waals surface area contributed by atoms with E-state index >= 15 is 0 Å². The molecule has 80 valence electrons. The molecule has 0 saturated heterocycles. The molecule has 0 aliphatic heterocycles. The third kappa shape index (κ3) is 2.27. The number of rotatable bonds is 3. The highest BCUT2D eigenvalue weighted by Gasteiger charge is 2.35. The first-order valence-electron chi connectivity index (χ1n) is 5.71. The average Bonchev–Trinajstić information content (AvgIpc) is 2.63. The van der Waals surface area contributed by atoms with Crippen molar-refractivity contribution in [3.8, 4) is 0 Å². The van der Waals surface area contributed by atoms with Crippen molar-refractivity contribution >= 4 is 5.91 Å². The van der Waals surface area contributed by atoms with Crippen LogP contribution in [0.5, 0.6) is 0 Å². The maximum absolute atomic E-state index is 11.6. The van der Waals surface area contributed by atoms with Crippen molar-refractivity contribution in [2.45, 2.75) is 51.1 Å². The first-order chi connectivity index (χ1) is 6.66. The molecule has 2 aliphatic carbocycles. The Morgan fingerprint density at radius 3 is 2.71 bits per heavy atom. The first kappa shape index (κ1) is 9.97. The van der Waals surface area contributed by atoms with Crippen LogP contribution >= 0.6 is 0 Å². The normalized spacial score (nSPS) is 41.0. The predicted octanol–water partition coefficient (Wildman–Crippen LogP) is 1.03. The van der Waals surface area contributed by atoms with Crippen molar-refractivity contribution in [2.24, 2.45) is 17.6 Å². The summed E-state index contributed by atoms with van der Waals surface area (Å²) in [5, 5.41) is 3.06. The maximum atomic E-state index is 11.6. The molecule has 0 aromatic heterocycles. The fourth-order valence-corrected chi connectivity index (χ4v) is 2.35. The van der Waals surface area contributed by atoms with E-state index in [9.17, 15) is 4.79 Å². The molecule has 1 amide bonds. The van der Waals surface area contributed by atoms with Crippen LogP contribution in [0.2, 0.25) is 0 Å². The SMILES string of the molecule is CC1CC1NC(=O)CC1CCCC1N. The predicted molar refractivity (Wildman–Crippen MR) is 55.6 cm³/mol. The molecule has 0 heterocycles. The van der Waals surface area contributed by atoms with Crippen LogP contribution in [0.25, 0.3) is 0 Å². The van der Waals surface area contributed by atoms with E-state index in [1.807, 2.05) is 0 Å². The lowest BCUT2D eigenvalue weighted by atomic mass is 10.00. The molecular formula is C11H20N2O. The molecule has 0 bridgehead atoms. The molecule has 3 nitrogen and oxygen atoms in total. The molecule has 14 heavy (non-hydrogen) atoms. The van der Waals surface area contributed by atoms with E-state index in [1.54, 1.807) is 0 Å². The Labute approximate surface area is 85.4 Å². The van der Waals surface area contributed by atoms with E-state index < -0.39 is 0 Å². The number of nitrogens with one attached hydrogen (secondary N) is 1. The van der Waals surface area contributed by atoms with Gasteiger partial charge >= 0.3 is 0 Å². The van der Waals surface area contributed by atoms with Crippen molar-refractivity contribution in [3.63, 3.8) is 0 Å². The Kier molecular flexibility index (Phi) is 2.77. The van der Waals surface area contributed by atoms with Gasteiger partial charge in [-0.15, -0.1) is 0 Å². The van der Waals surface area contributed by atoms with E-state index in [4.69, 9.17) is 5.73 Å². The van der Waals surface area contributed by atoms with Crippen molar-refractivity contribution in [1.29, 1.82) is 0 Å². The number of hydrogen-bond acceptors (Lipinski definition) is 2. The summed E-state index contributed by atoms with van der Waals surface area (Å²) in [4.78, 5) is 11.6. The van der Waals surface area contributed by atoms with Gasteiger partial charge in [-0.05, 0) is 31.1 Å². The second kappa shape index (κ2) is 3.89. The van der Waals surface area contributed by atoms with E-state index in [0.717, 1.165) is 19.3 Å². The summed E-state index contributed by atoms with van der Waals surface area (Å²) in [6.45, 7) is 2.17. The van der Waals surface area contributed by atoms with Crippen LogP contribution in [0.4, 0.5) is 0 Å². The van der Waals surface area contributed by atoms with Gasteiger partial charge in [-0.1, -0.05) is 13.3 Å². The zero-order valence-corrected chi connectivity index (χ0v) is 8.83. The molecule has 0 radical (unpaired) electrons. The summed E-state index contributed by atoms with van der Waals surface area (Å²) in [6.07, 6.45) is 5.22. The number of nitrogens with two attached hydrogens (primary N) is 1. The van der Waals surface area contributed by atoms with Gasteiger partial charge in [0.1, 0.15) is 0 Å². The minimum Gasteiger partial charge on any atom is -0.353 e. The van der Waals surface area contributed by atoms with Gasteiger partial charge in [-0.25, -0.2) is 0 Å². The Bertz CT molecular complexity index is 229. The van der Waals surface area contributed by atoms with Gasteiger partial charge in [-0.2, -0.15) is 0 Å². The standard InChI is InChI=1S/C11H20N2O/c1-7-5-10(7)13-11(14)6-8-3-2-4-9(8)12/h7-10H,2-6,12H2,1H3,(H,13,14). The van der Waals surface area contributed by atoms with Crippen LogP contribution in [-0.2, 0) is 4.79 Å². The van der Waals surface area contributed by atoms with E-state index in [2.05, 4.69) is 12.2 Å². The average molecular weight is 196 g/mol. The zero-order valence-electron chi connectivity index (χ0n) is 8.83. The molecule has 4 atom stereocenters. The minimum atomic E-state index is 0.210. The molecule has 4 unspecified atom stereocenters. The summed E-state index contributed by atoms with van der Waals surface area (Å²) in [5.41, 5.74) is 5.92. The van der Waals surface area contributed by atoms with E-state index in [0.29, 0.717) is 24.3 Å². The highest BCUT2D eigenvalue weighted by Crippen LogP contribution is 2.30. The zero-order chi connectivity index (χ0) is 10.1. The van der Waals surface area contributed by atoms with Crippen molar-refractivity contribution in [1.82, 2.24) is 5.32 Å². The lowest BCUT2D eigenvalue weighted by Crippen LogP contribution is -2.33. The van der Waals surface area contributed by atoms with Crippen molar-refractivity contribution in [2.75, 3.05) is 0 Å². The molecular weight excluding hydrogens is 176 g/mol. The Hall–Kier alpha value is -0.570. The van der Waals surface area contributed by atoms with E-state index in [-0.39, 0.29) is 11.9 Å². The minimum absolute atomic E-state index is 0.210. The van der Waals surface area contributed by atoms with Gasteiger partial charge in [0, 0.05) is 18.5 Å². The van der Waals surface area contributed by atoms with Crippen molar-refractivity contribution in [3.05, 3.63) is 0 Å². The number of amides is 1. The Morgan fingerprint density at radius 2 is 2.21 bits per heavy atom. The summed E-state index contributed by atoms with van der Waals surface area (Å²) < 4.78 is 0. The quantitative estimate of drug-likeness (QED) is 0.708. The number of carbonyl (C=O) groups excluding carboxylic acids is 1. The van der Waals surface area contributed by atoms with Crippen LogP contribution in [0.3, 0.4) is 0 Å². The van der Waals surface area contributed by atoms with Crippen LogP contribution < -0.4 is 11.1 Å². The number of carbonyl (C=O) groups is 1. The molecule has 3 N–H and O–H groups in total. The molecule has 2 fully saturated rings. The largest absolute Gasteiger partial charge is 0.353 e. The summed E-state index contributed by atoms with van der Waals surface area (Å²) in [7, 11) is 0. The van der Waals surface area contributed by atoms with Gasteiger partial charge in [0.05, 0.1) is 0 Å². The second-order valence-corrected chi connectivity index (χ2v) is 4.95. The van der Waals surface area contributed by atoms with Crippen LogP contribution in [0, 0.1) is 11.8 Å². The molecule has 0 spiro atoms. The lowest BCUT2D eigenvalue weighted by Gasteiger charge is -2.14. The van der Waals surface area contributed by atoms with Gasteiger partial charge in [0.2, 0.25) is 5.91 Å². The molecule has 0 aromatic rings. The Morgan fingerprint density at radius 1 is 1.50 bits per heavy atom. The van der Waals surface area contributed by atoms with Gasteiger partial charge in [0.15, 0.2) is 0 Å². The molecule has 2 rings (SSSR count). The van der Waals surface area contributed by atoms with Crippen LogP contribution in [-0.4, -0.2) is 18.0 Å². The number of hydrogen-bond donors (Lipinski definition) is 2. The van der Waals surface area contributed by atoms with Crippen molar-refractivity contribution < 1.29 is 4.79 Å². The summed E-state index contributed by atoms with van der Waals surface area (Å²) in [5.74, 6) is 1.34. The third-order valence-electron chi connectivity index (χ3n) is 3.62.